The first-order chi connectivity index (χ1) is 10.4. The first-order valence-electron chi connectivity index (χ1n) is 8.46. The van der Waals surface area contributed by atoms with Crippen LogP contribution in [0.5, 0.6) is 0 Å². The molecular formula is C18H28O3. The number of rotatable bonds is 8. The lowest BCUT2D eigenvalue weighted by molar-refractivity contribution is -0.162. The Labute approximate surface area is 128 Å². The summed E-state index contributed by atoms with van der Waals surface area (Å²) in [6.07, 6.45) is 16.8. The molecule has 1 heterocycles. The Balaban J connectivity index is 1.46. The van der Waals surface area contributed by atoms with E-state index >= 15 is 0 Å². The van der Waals surface area contributed by atoms with Gasteiger partial charge < -0.3 is 9.47 Å². The van der Waals surface area contributed by atoms with Crippen LogP contribution in [0, 0.1) is 0 Å². The van der Waals surface area contributed by atoms with Crippen LogP contribution >= 0.6 is 0 Å². The zero-order valence-corrected chi connectivity index (χ0v) is 13.0. The number of Topliss-reactive ketones (excluding diaryl/α,β-unsaturated/α-hetero) is 1. The zero-order valence-electron chi connectivity index (χ0n) is 13.0. The largest absolute Gasteiger partial charge is 0.353 e. The minimum atomic E-state index is 0.0403. The first-order valence-corrected chi connectivity index (χ1v) is 8.46. The highest BCUT2D eigenvalue weighted by Crippen LogP contribution is 2.17. The van der Waals surface area contributed by atoms with Crippen LogP contribution in [0.4, 0.5) is 0 Å². The Kier molecular flexibility index (Phi) is 7.76. The Morgan fingerprint density at radius 3 is 3.00 bits per heavy atom. The fourth-order valence-electron chi connectivity index (χ4n) is 2.76. The monoisotopic (exact) mass is 292 g/mol. The molecule has 118 valence electrons. The van der Waals surface area contributed by atoms with Crippen molar-refractivity contribution in [3.63, 3.8) is 0 Å². The molecule has 1 aliphatic carbocycles. The van der Waals surface area contributed by atoms with Gasteiger partial charge in [-0.25, -0.2) is 0 Å². The molecule has 0 aromatic heterocycles. The molecule has 0 aromatic carbocycles. The van der Waals surface area contributed by atoms with Crippen LogP contribution in [-0.4, -0.2) is 25.3 Å². The number of hydrogen-bond acceptors (Lipinski definition) is 3. The van der Waals surface area contributed by atoms with Crippen molar-refractivity contribution < 1.29 is 14.3 Å². The highest BCUT2D eigenvalue weighted by molar-refractivity contribution is 5.96. The normalized spacial score (nSPS) is 23.5. The molecule has 1 fully saturated rings. The van der Waals surface area contributed by atoms with Crippen LogP contribution < -0.4 is 0 Å². The SMILES string of the molecule is O=C1CCCC=C1C/C=C\CCCCOC1CCCCO1. The summed E-state index contributed by atoms with van der Waals surface area (Å²) >= 11 is 0. The fraction of sp³-hybridized carbons (Fsp3) is 0.722. The number of hydrogen-bond donors (Lipinski definition) is 0. The van der Waals surface area contributed by atoms with Crippen LogP contribution in [0.1, 0.15) is 64.2 Å². The van der Waals surface area contributed by atoms with Gasteiger partial charge in [-0.15, -0.1) is 0 Å². The van der Waals surface area contributed by atoms with Crippen molar-refractivity contribution in [2.24, 2.45) is 0 Å². The standard InChI is InChI=1S/C18H28O3/c19-17-12-6-5-11-16(17)10-4-2-1-3-8-14-20-18-13-7-9-15-21-18/h2,4,11,18H,1,3,5-10,12-15H2/b4-2-. The maximum Gasteiger partial charge on any atom is 0.158 e. The summed E-state index contributed by atoms with van der Waals surface area (Å²) < 4.78 is 11.2. The molecule has 3 nitrogen and oxygen atoms in total. The average molecular weight is 292 g/mol. The highest BCUT2D eigenvalue weighted by atomic mass is 16.7. The molecule has 0 bridgehead atoms. The van der Waals surface area contributed by atoms with E-state index in [1.54, 1.807) is 0 Å². The van der Waals surface area contributed by atoms with Crippen molar-refractivity contribution in [2.75, 3.05) is 13.2 Å². The molecule has 3 heteroatoms. The van der Waals surface area contributed by atoms with E-state index in [2.05, 4.69) is 18.2 Å². The number of ketones is 1. The van der Waals surface area contributed by atoms with Crippen molar-refractivity contribution >= 4 is 5.78 Å². The Hall–Kier alpha value is -0.930. The first kappa shape index (κ1) is 16.4. The van der Waals surface area contributed by atoms with E-state index in [4.69, 9.17) is 9.47 Å². The summed E-state index contributed by atoms with van der Waals surface area (Å²) in [5.74, 6) is 0.340. The van der Waals surface area contributed by atoms with Crippen molar-refractivity contribution in [3.05, 3.63) is 23.8 Å². The van der Waals surface area contributed by atoms with Crippen LogP contribution in [0.15, 0.2) is 23.8 Å². The second-order valence-corrected chi connectivity index (χ2v) is 5.88. The predicted octanol–water partition coefficient (Wildman–Crippen LogP) is 4.33. The van der Waals surface area contributed by atoms with E-state index in [1.807, 2.05) is 0 Å². The second-order valence-electron chi connectivity index (χ2n) is 5.88. The van der Waals surface area contributed by atoms with Crippen LogP contribution in [0.25, 0.3) is 0 Å². The van der Waals surface area contributed by atoms with E-state index < -0.39 is 0 Å². The summed E-state index contributed by atoms with van der Waals surface area (Å²) in [5, 5.41) is 0. The minimum Gasteiger partial charge on any atom is -0.353 e. The fourth-order valence-corrected chi connectivity index (χ4v) is 2.76. The van der Waals surface area contributed by atoms with Gasteiger partial charge in [-0.2, -0.15) is 0 Å². The molecule has 21 heavy (non-hydrogen) atoms. The van der Waals surface area contributed by atoms with Crippen LogP contribution in [-0.2, 0) is 14.3 Å². The summed E-state index contributed by atoms with van der Waals surface area (Å²) in [7, 11) is 0. The van der Waals surface area contributed by atoms with Gasteiger partial charge in [-0.05, 0) is 63.4 Å². The molecule has 0 N–H and O–H groups in total. The highest BCUT2D eigenvalue weighted by Gasteiger charge is 2.13. The number of allylic oxidation sites excluding steroid dienone is 4. The Morgan fingerprint density at radius 2 is 2.19 bits per heavy atom. The van der Waals surface area contributed by atoms with E-state index in [9.17, 15) is 4.79 Å². The summed E-state index contributed by atoms with van der Waals surface area (Å²) in [4.78, 5) is 11.6. The van der Waals surface area contributed by atoms with Gasteiger partial charge in [0, 0.05) is 19.6 Å². The molecule has 0 amide bonds. The van der Waals surface area contributed by atoms with E-state index in [1.165, 1.54) is 12.8 Å². The summed E-state index contributed by atoms with van der Waals surface area (Å²) in [6.45, 7) is 1.64. The maximum atomic E-state index is 11.6. The van der Waals surface area contributed by atoms with Gasteiger partial charge in [-0.3, -0.25) is 4.79 Å². The number of carbonyl (C=O) groups excluding carboxylic acids is 1. The molecule has 0 saturated carbocycles. The summed E-state index contributed by atoms with van der Waals surface area (Å²) in [5.41, 5.74) is 1.01. The van der Waals surface area contributed by atoms with Gasteiger partial charge in [0.2, 0.25) is 0 Å². The molecule has 2 rings (SSSR count). The average Bonchev–Trinajstić information content (AvgIpc) is 2.52. The molecule has 0 aromatic rings. The molecule has 1 saturated heterocycles. The topological polar surface area (TPSA) is 35.5 Å². The van der Waals surface area contributed by atoms with E-state index in [-0.39, 0.29) is 6.29 Å². The maximum absolute atomic E-state index is 11.6. The Bertz CT molecular complexity index is 365. The number of ether oxygens (including phenoxy) is 2. The summed E-state index contributed by atoms with van der Waals surface area (Å²) in [6, 6.07) is 0. The van der Waals surface area contributed by atoms with Crippen molar-refractivity contribution in [1.82, 2.24) is 0 Å². The van der Waals surface area contributed by atoms with Gasteiger partial charge in [0.15, 0.2) is 12.1 Å². The lowest BCUT2D eigenvalue weighted by Crippen LogP contribution is -2.22. The molecule has 0 spiro atoms. The molecule has 1 aliphatic heterocycles. The zero-order chi connectivity index (χ0) is 14.8. The minimum absolute atomic E-state index is 0.0403. The number of unbranched alkanes of at least 4 members (excludes halogenated alkanes) is 2. The predicted molar refractivity (Wildman–Crippen MR) is 84.1 cm³/mol. The molecule has 1 unspecified atom stereocenters. The van der Waals surface area contributed by atoms with Gasteiger partial charge in [0.05, 0.1) is 0 Å². The quantitative estimate of drug-likeness (QED) is 0.493. The second kappa shape index (κ2) is 9.91. The number of carbonyl (C=O) groups is 1. The van der Waals surface area contributed by atoms with Crippen molar-refractivity contribution in [2.45, 2.75) is 70.5 Å². The van der Waals surface area contributed by atoms with Crippen molar-refractivity contribution in [3.8, 4) is 0 Å². The molecular weight excluding hydrogens is 264 g/mol. The molecule has 0 radical (unpaired) electrons. The van der Waals surface area contributed by atoms with Gasteiger partial charge in [0.25, 0.3) is 0 Å². The third kappa shape index (κ3) is 6.58. The van der Waals surface area contributed by atoms with Gasteiger partial charge in [0.1, 0.15) is 0 Å². The van der Waals surface area contributed by atoms with E-state index in [0.29, 0.717) is 5.78 Å². The molecule has 2 aliphatic rings. The molecule has 1 atom stereocenters. The van der Waals surface area contributed by atoms with Crippen LogP contribution in [0.3, 0.4) is 0 Å². The van der Waals surface area contributed by atoms with Gasteiger partial charge >= 0.3 is 0 Å². The third-order valence-corrected chi connectivity index (χ3v) is 4.07. The third-order valence-electron chi connectivity index (χ3n) is 4.07. The van der Waals surface area contributed by atoms with E-state index in [0.717, 1.165) is 70.2 Å². The smallest absolute Gasteiger partial charge is 0.158 e. The lowest BCUT2D eigenvalue weighted by atomic mass is 9.95. The van der Waals surface area contributed by atoms with Crippen molar-refractivity contribution in [1.29, 1.82) is 0 Å². The van der Waals surface area contributed by atoms with Gasteiger partial charge in [-0.1, -0.05) is 18.2 Å². The Morgan fingerprint density at radius 1 is 1.24 bits per heavy atom. The lowest BCUT2D eigenvalue weighted by Gasteiger charge is -2.22. The van der Waals surface area contributed by atoms with Crippen LogP contribution in [0.2, 0.25) is 0 Å².